The normalized spacial score (nSPS) is 16.4. The number of aromatic nitrogens is 1. The predicted octanol–water partition coefficient (Wildman–Crippen LogP) is 3.98. The summed E-state index contributed by atoms with van der Waals surface area (Å²) in [7, 11) is -3.82. The molecule has 1 aliphatic rings. The van der Waals surface area contributed by atoms with Gasteiger partial charge in [-0.05, 0) is 69.4 Å². The molecule has 0 amide bonds. The topological polar surface area (TPSA) is 141 Å². The molecule has 0 bridgehead atoms. The van der Waals surface area contributed by atoms with Gasteiger partial charge in [0, 0.05) is 49.2 Å². The third kappa shape index (κ3) is 7.77. The molecule has 1 aliphatic carbocycles. The molecule has 2 N–H and O–H groups in total. The van der Waals surface area contributed by atoms with E-state index < -0.39 is 14.9 Å². The fourth-order valence-electron chi connectivity index (χ4n) is 4.91. The van der Waals surface area contributed by atoms with Crippen molar-refractivity contribution in [1.29, 1.82) is 0 Å². The number of sulfonamides is 1. The first kappa shape index (κ1) is 30.5. The fourth-order valence-corrected chi connectivity index (χ4v) is 5.98. The Bertz CT molecular complexity index is 1360. The smallest absolute Gasteiger partial charge is 0.269 e. The van der Waals surface area contributed by atoms with Gasteiger partial charge in [0.05, 0.1) is 16.4 Å². The zero-order chi connectivity index (χ0) is 28.8. The van der Waals surface area contributed by atoms with Crippen LogP contribution in [0.3, 0.4) is 0 Å². The number of nitrogens with one attached hydrogen (secondary N) is 1. The lowest BCUT2D eigenvalue weighted by Gasteiger charge is -2.41. The maximum Gasteiger partial charge on any atom is 0.269 e. The summed E-state index contributed by atoms with van der Waals surface area (Å²) >= 11 is 0. The van der Waals surface area contributed by atoms with E-state index in [-0.39, 0.29) is 41.3 Å². The van der Waals surface area contributed by atoms with Crippen molar-refractivity contribution in [2.75, 3.05) is 19.8 Å². The Hall–Kier alpha value is -3.02. The summed E-state index contributed by atoms with van der Waals surface area (Å²) in [5.74, 6) is 0.894. The van der Waals surface area contributed by atoms with Gasteiger partial charge in [-0.1, -0.05) is 25.5 Å². The second-order valence-corrected chi connectivity index (χ2v) is 12.7. The second-order valence-electron chi connectivity index (χ2n) is 10.9. The summed E-state index contributed by atoms with van der Waals surface area (Å²) in [4.78, 5) is 23.2. The van der Waals surface area contributed by atoms with Crippen LogP contribution in [0.5, 0.6) is 5.75 Å². The standard InChI is InChI=1S/C28H39N3O7S/c1-20(2)7-8-21-17-24-25(19-28(21,3)4)30(14-6-15-32)27(33)18-26(24)38-16-5-13-29-39(36,37)23-11-9-22(10-12-23)31(34)35/h7,9-12,18,21,29,32H,5-6,8,13-17,19H2,1-4H3. The van der Waals surface area contributed by atoms with Crippen LogP contribution in [0.4, 0.5) is 5.69 Å². The quantitative estimate of drug-likeness (QED) is 0.163. The highest BCUT2D eigenvalue weighted by Gasteiger charge is 2.37. The molecule has 0 fully saturated rings. The number of pyridine rings is 1. The third-order valence-corrected chi connectivity index (χ3v) is 8.73. The van der Waals surface area contributed by atoms with Crippen molar-refractivity contribution in [3.05, 3.63) is 73.7 Å². The van der Waals surface area contributed by atoms with Gasteiger partial charge in [0.1, 0.15) is 5.75 Å². The molecule has 1 unspecified atom stereocenters. The highest BCUT2D eigenvalue weighted by molar-refractivity contribution is 7.89. The van der Waals surface area contributed by atoms with Crippen molar-refractivity contribution in [2.45, 2.75) is 71.2 Å². The summed E-state index contributed by atoms with van der Waals surface area (Å²) in [5.41, 5.74) is 2.83. The zero-order valence-electron chi connectivity index (χ0n) is 23.1. The number of nitro benzene ring substituents is 1. The molecular formula is C28H39N3O7S. The SMILES string of the molecule is CC(C)=CCC1Cc2c(OCCCNS(=O)(=O)c3ccc([N+](=O)[O-])cc3)cc(=O)n(CCCO)c2CC1(C)C. The first-order chi connectivity index (χ1) is 18.4. The molecule has 39 heavy (non-hydrogen) atoms. The number of fused-ring (bicyclic) bond motifs is 1. The van der Waals surface area contributed by atoms with Gasteiger partial charge in [-0.2, -0.15) is 0 Å². The molecule has 1 heterocycles. The van der Waals surface area contributed by atoms with Crippen molar-refractivity contribution in [3.63, 3.8) is 0 Å². The van der Waals surface area contributed by atoms with Crippen molar-refractivity contribution in [2.24, 2.45) is 11.3 Å². The molecule has 1 atom stereocenters. The van der Waals surface area contributed by atoms with Gasteiger partial charge in [0.25, 0.3) is 11.2 Å². The van der Waals surface area contributed by atoms with Crippen LogP contribution < -0.4 is 15.0 Å². The van der Waals surface area contributed by atoms with Crippen LogP contribution in [-0.4, -0.2) is 42.8 Å². The maximum absolute atomic E-state index is 13.0. The number of nitro groups is 1. The number of non-ortho nitro benzene ring substituents is 1. The summed E-state index contributed by atoms with van der Waals surface area (Å²) in [5, 5.41) is 20.2. The number of nitrogens with zero attached hydrogens (tertiary/aromatic N) is 2. The average Bonchev–Trinajstić information content (AvgIpc) is 2.86. The van der Waals surface area contributed by atoms with Gasteiger partial charge >= 0.3 is 0 Å². The van der Waals surface area contributed by atoms with Crippen LogP contribution in [0.25, 0.3) is 0 Å². The number of aliphatic hydroxyl groups excluding tert-OH is 1. The Morgan fingerprint density at radius 3 is 2.56 bits per heavy atom. The molecule has 1 aromatic carbocycles. The van der Waals surface area contributed by atoms with E-state index in [1.807, 2.05) is 0 Å². The number of hydrogen-bond acceptors (Lipinski definition) is 7. The number of benzene rings is 1. The van der Waals surface area contributed by atoms with E-state index in [4.69, 9.17) is 4.74 Å². The van der Waals surface area contributed by atoms with E-state index in [1.165, 1.54) is 23.8 Å². The van der Waals surface area contributed by atoms with Crippen LogP contribution in [0.15, 0.2) is 51.7 Å². The average molecular weight is 562 g/mol. The first-order valence-electron chi connectivity index (χ1n) is 13.2. The highest BCUT2D eigenvalue weighted by Crippen LogP contribution is 2.44. The van der Waals surface area contributed by atoms with E-state index in [1.54, 1.807) is 4.57 Å². The Balaban J connectivity index is 1.73. The number of hydrogen-bond donors (Lipinski definition) is 2. The number of rotatable bonds is 13. The monoisotopic (exact) mass is 561 g/mol. The molecule has 214 valence electrons. The van der Waals surface area contributed by atoms with Crippen molar-refractivity contribution in [1.82, 2.24) is 9.29 Å². The lowest BCUT2D eigenvalue weighted by molar-refractivity contribution is -0.384. The van der Waals surface area contributed by atoms with E-state index in [0.717, 1.165) is 42.7 Å². The molecule has 0 radical (unpaired) electrons. The van der Waals surface area contributed by atoms with E-state index >= 15 is 0 Å². The Morgan fingerprint density at radius 2 is 1.95 bits per heavy atom. The molecule has 2 aromatic rings. The van der Waals surface area contributed by atoms with Crippen LogP contribution in [0.2, 0.25) is 0 Å². The van der Waals surface area contributed by atoms with Gasteiger partial charge in [0.2, 0.25) is 10.0 Å². The van der Waals surface area contributed by atoms with E-state index in [2.05, 4.69) is 38.5 Å². The lowest BCUT2D eigenvalue weighted by atomic mass is 9.66. The summed E-state index contributed by atoms with van der Waals surface area (Å²) in [6.45, 7) is 9.37. The predicted molar refractivity (Wildman–Crippen MR) is 150 cm³/mol. The second kappa shape index (κ2) is 12.9. The lowest BCUT2D eigenvalue weighted by Crippen LogP contribution is -2.38. The van der Waals surface area contributed by atoms with Crippen molar-refractivity contribution in [3.8, 4) is 5.75 Å². The molecule has 3 rings (SSSR count). The molecule has 1 aromatic heterocycles. The minimum Gasteiger partial charge on any atom is -0.493 e. The zero-order valence-corrected chi connectivity index (χ0v) is 23.9. The summed E-state index contributed by atoms with van der Waals surface area (Å²) in [6, 6.07) is 6.20. The van der Waals surface area contributed by atoms with E-state index in [0.29, 0.717) is 31.1 Å². The number of aliphatic hydroxyl groups is 1. The minimum absolute atomic E-state index is 0.00182. The highest BCUT2D eigenvalue weighted by atomic mass is 32.2. The first-order valence-corrected chi connectivity index (χ1v) is 14.7. The van der Waals surface area contributed by atoms with Crippen LogP contribution >= 0.6 is 0 Å². The van der Waals surface area contributed by atoms with Gasteiger partial charge in [-0.25, -0.2) is 13.1 Å². The summed E-state index contributed by atoms with van der Waals surface area (Å²) < 4.78 is 35.4. The maximum atomic E-state index is 13.0. The minimum atomic E-state index is -3.82. The Morgan fingerprint density at radius 1 is 1.26 bits per heavy atom. The molecule has 0 saturated heterocycles. The van der Waals surface area contributed by atoms with E-state index in [9.17, 15) is 28.4 Å². The third-order valence-electron chi connectivity index (χ3n) is 7.25. The molecular weight excluding hydrogens is 522 g/mol. The number of allylic oxidation sites excluding steroid dienone is 2. The van der Waals surface area contributed by atoms with Gasteiger partial charge in [0.15, 0.2) is 0 Å². The van der Waals surface area contributed by atoms with Gasteiger partial charge in [-0.15, -0.1) is 0 Å². The van der Waals surface area contributed by atoms with Gasteiger partial charge in [-0.3, -0.25) is 14.9 Å². The van der Waals surface area contributed by atoms with Crippen molar-refractivity contribution < 1.29 is 23.2 Å². The van der Waals surface area contributed by atoms with Crippen LogP contribution in [0.1, 0.15) is 58.2 Å². The van der Waals surface area contributed by atoms with Crippen LogP contribution in [-0.2, 0) is 29.4 Å². The fraction of sp³-hybridized carbons (Fsp3) is 0.536. The molecule has 10 nitrogen and oxygen atoms in total. The molecule has 0 saturated carbocycles. The molecule has 0 aliphatic heterocycles. The van der Waals surface area contributed by atoms with Crippen molar-refractivity contribution >= 4 is 15.7 Å². The molecule has 0 spiro atoms. The number of ether oxygens (including phenoxy) is 1. The summed E-state index contributed by atoms with van der Waals surface area (Å²) in [6.07, 6.45) is 5.50. The Kier molecular flexibility index (Phi) is 10.1. The molecule has 11 heteroatoms. The largest absolute Gasteiger partial charge is 0.493 e. The Labute approximate surface area is 229 Å². The van der Waals surface area contributed by atoms with Gasteiger partial charge < -0.3 is 14.4 Å². The van der Waals surface area contributed by atoms with Crippen LogP contribution in [0, 0.1) is 21.4 Å².